The van der Waals surface area contributed by atoms with Crippen molar-refractivity contribution < 1.29 is 9.47 Å². The molecule has 2 atom stereocenters. The molecule has 0 aromatic heterocycles. The van der Waals surface area contributed by atoms with Gasteiger partial charge in [-0.15, -0.1) is 0 Å². The summed E-state index contributed by atoms with van der Waals surface area (Å²) in [6.45, 7) is 5.27. The molecule has 2 unspecified atom stereocenters. The van der Waals surface area contributed by atoms with Crippen molar-refractivity contribution in [1.29, 1.82) is 0 Å². The average molecular weight is 255 g/mol. The molecule has 3 heteroatoms. The van der Waals surface area contributed by atoms with Gasteiger partial charge in [0.1, 0.15) is 0 Å². The summed E-state index contributed by atoms with van der Waals surface area (Å²) in [4.78, 5) is 0. The highest BCUT2D eigenvalue weighted by molar-refractivity contribution is 4.95. The molecule has 18 heavy (non-hydrogen) atoms. The molecule has 1 saturated carbocycles. The van der Waals surface area contributed by atoms with E-state index in [2.05, 4.69) is 12.2 Å². The maximum atomic E-state index is 5.80. The standard InChI is InChI=1S/C15H29NO2/c1-3-4-14-11-13(5-9-18-14)16-12-15(6-7-15)8-10-17-2/h13-14,16H,3-12H2,1-2H3. The summed E-state index contributed by atoms with van der Waals surface area (Å²) < 4.78 is 11.0. The van der Waals surface area contributed by atoms with Gasteiger partial charge < -0.3 is 14.8 Å². The Bertz CT molecular complexity index is 239. The predicted octanol–water partition coefficient (Wildman–Crippen LogP) is 2.74. The van der Waals surface area contributed by atoms with E-state index in [1.54, 1.807) is 7.11 Å². The average Bonchev–Trinajstić information content (AvgIpc) is 3.16. The first-order valence-electron chi connectivity index (χ1n) is 7.62. The van der Waals surface area contributed by atoms with E-state index in [0.717, 1.165) is 13.2 Å². The van der Waals surface area contributed by atoms with Crippen LogP contribution in [0, 0.1) is 5.41 Å². The highest BCUT2D eigenvalue weighted by Crippen LogP contribution is 2.48. The number of hydrogen-bond donors (Lipinski definition) is 1. The molecule has 0 radical (unpaired) electrons. The number of ether oxygens (including phenoxy) is 2. The monoisotopic (exact) mass is 255 g/mol. The van der Waals surface area contributed by atoms with Crippen LogP contribution in [0.25, 0.3) is 0 Å². The molecule has 1 aliphatic heterocycles. The van der Waals surface area contributed by atoms with Gasteiger partial charge in [0.15, 0.2) is 0 Å². The van der Waals surface area contributed by atoms with Crippen LogP contribution in [0.4, 0.5) is 0 Å². The zero-order valence-electron chi connectivity index (χ0n) is 12.0. The number of methoxy groups -OCH3 is 1. The predicted molar refractivity (Wildman–Crippen MR) is 73.8 cm³/mol. The van der Waals surface area contributed by atoms with Crippen molar-refractivity contribution in [2.24, 2.45) is 5.41 Å². The van der Waals surface area contributed by atoms with Gasteiger partial charge in [-0.1, -0.05) is 13.3 Å². The van der Waals surface area contributed by atoms with Crippen molar-refractivity contribution in [1.82, 2.24) is 5.32 Å². The van der Waals surface area contributed by atoms with Crippen molar-refractivity contribution >= 4 is 0 Å². The highest BCUT2D eigenvalue weighted by Gasteiger charge is 2.42. The van der Waals surface area contributed by atoms with Crippen LogP contribution >= 0.6 is 0 Å². The number of hydrogen-bond acceptors (Lipinski definition) is 3. The lowest BCUT2D eigenvalue weighted by Crippen LogP contribution is -2.41. The van der Waals surface area contributed by atoms with Crippen LogP contribution in [-0.4, -0.2) is 39.0 Å². The SMILES string of the molecule is CCCC1CC(NCC2(CCOC)CC2)CCO1. The Hall–Kier alpha value is -0.120. The summed E-state index contributed by atoms with van der Waals surface area (Å²) in [6.07, 6.45) is 9.31. The topological polar surface area (TPSA) is 30.5 Å². The summed E-state index contributed by atoms with van der Waals surface area (Å²) in [5, 5.41) is 3.79. The molecule has 0 aromatic carbocycles. The molecular weight excluding hydrogens is 226 g/mol. The van der Waals surface area contributed by atoms with E-state index in [9.17, 15) is 0 Å². The maximum Gasteiger partial charge on any atom is 0.0589 e. The summed E-state index contributed by atoms with van der Waals surface area (Å²) in [6, 6.07) is 0.676. The highest BCUT2D eigenvalue weighted by atomic mass is 16.5. The van der Waals surface area contributed by atoms with Crippen molar-refractivity contribution in [2.45, 2.75) is 64.0 Å². The molecule has 1 N–H and O–H groups in total. The molecule has 0 spiro atoms. The van der Waals surface area contributed by atoms with Crippen molar-refractivity contribution in [3.05, 3.63) is 0 Å². The molecule has 1 heterocycles. The quantitative estimate of drug-likeness (QED) is 0.723. The lowest BCUT2D eigenvalue weighted by molar-refractivity contribution is -0.00413. The molecule has 2 rings (SSSR count). The fourth-order valence-electron chi connectivity index (χ4n) is 2.96. The third-order valence-electron chi connectivity index (χ3n) is 4.54. The van der Waals surface area contributed by atoms with Gasteiger partial charge in [0.25, 0.3) is 0 Å². The molecule has 1 saturated heterocycles. The van der Waals surface area contributed by atoms with Gasteiger partial charge in [0, 0.05) is 32.9 Å². The van der Waals surface area contributed by atoms with E-state index < -0.39 is 0 Å². The second kappa shape index (κ2) is 6.88. The summed E-state index contributed by atoms with van der Waals surface area (Å²) in [5.74, 6) is 0. The van der Waals surface area contributed by atoms with E-state index >= 15 is 0 Å². The van der Waals surface area contributed by atoms with Crippen LogP contribution in [0.2, 0.25) is 0 Å². The summed E-state index contributed by atoms with van der Waals surface area (Å²) in [7, 11) is 1.80. The number of rotatable bonds is 8. The summed E-state index contributed by atoms with van der Waals surface area (Å²) >= 11 is 0. The second-order valence-electron chi connectivity index (χ2n) is 6.13. The van der Waals surface area contributed by atoms with E-state index in [1.165, 1.54) is 51.5 Å². The maximum absolute atomic E-state index is 5.80. The minimum Gasteiger partial charge on any atom is -0.385 e. The number of nitrogens with one attached hydrogen (secondary N) is 1. The Labute approximate surface area is 112 Å². The van der Waals surface area contributed by atoms with Crippen LogP contribution in [-0.2, 0) is 9.47 Å². The molecule has 2 fully saturated rings. The van der Waals surface area contributed by atoms with Gasteiger partial charge in [0.05, 0.1) is 6.10 Å². The first kappa shape index (κ1) is 14.3. The van der Waals surface area contributed by atoms with Gasteiger partial charge in [-0.05, 0) is 43.9 Å². The molecular formula is C15H29NO2. The zero-order valence-corrected chi connectivity index (χ0v) is 12.0. The fourth-order valence-corrected chi connectivity index (χ4v) is 2.96. The van der Waals surface area contributed by atoms with E-state index in [-0.39, 0.29) is 0 Å². The van der Waals surface area contributed by atoms with Crippen molar-refractivity contribution in [3.8, 4) is 0 Å². The van der Waals surface area contributed by atoms with Crippen LogP contribution < -0.4 is 5.32 Å². The van der Waals surface area contributed by atoms with E-state index in [0.29, 0.717) is 17.6 Å². The second-order valence-corrected chi connectivity index (χ2v) is 6.13. The van der Waals surface area contributed by atoms with Gasteiger partial charge in [-0.3, -0.25) is 0 Å². The van der Waals surface area contributed by atoms with Crippen LogP contribution in [0.5, 0.6) is 0 Å². The first-order chi connectivity index (χ1) is 8.78. The van der Waals surface area contributed by atoms with Crippen LogP contribution in [0.15, 0.2) is 0 Å². The minimum atomic E-state index is 0.496. The van der Waals surface area contributed by atoms with E-state index in [1.807, 2.05) is 0 Å². The molecule has 106 valence electrons. The van der Waals surface area contributed by atoms with E-state index in [4.69, 9.17) is 9.47 Å². The molecule has 1 aliphatic carbocycles. The fraction of sp³-hybridized carbons (Fsp3) is 1.00. The smallest absolute Gasteiger partial charge is 0.0589 e. The zero-order chi connectivity index (χ0) is 12.8. The molecule has 0 bridgehead atoms. The van der Waals surface area contributed by atoms with Gasteiger partial charge in [0.2, 0.25) is 0 Å². The van der Waals surface area contributed by atoms with Gasteiger partial charge in [-0.25, -0.2) is 0 Å². The van der Waals surface area contributed by atoms with Gasteiger partial charge >= 0.3 is 0 Å². The molecule has 0 amide bonds. The Kier molecular flexibility index (Phi) is 5.46. The third-order valence-corrected chi connectivity index (χ3v) is 4.54. The minimum absolute atomic E-state index is 0.496. The van der Waals surface area contributed by atoms with Crippen molar-refractivity contribution in [3.63, 3.8) is 0 Å². The summed E-state index contributed by atoms with van der Waals surface area (Å²) in [5.41, 5.74) is 0.564. The lowest BCUT2D eigenvalue weighted by atomic mass is 9.98. The lowest BCUT2D eigenvalue weighted by Gasteiger charge is -2.31. The Morgan fingerprint density at radius 2 is 2.22 bits per heavy atom. The van der Waals surface area contributed by atoms with Crippen molar-refractivity contribution in [2.75, 3.05) is 26.9 Å². The molecule has 2 aliphatic rings. The normalized spacial score (nSPS) is 30.3. The van der Waals surface area contributed by atoms with Crippen LogP contribution in [0.1, 0.15) is 51.9 Å². The Morgan fingerprint density at radius 3 is 2.89 bits per heavy atom. The Balaban J connectivity index is 1.66. The van der Waals surface area contributed by atoms with Gasteiger partial charge in [-0.2, -0.15) is 0 Å². The van der Waals surface area contributed by atoms with Crippen LogP contribution in [0.3, 0.4) is 0 Å². The largest absolute Gasteiger partial charge is 0.385 e. The Morgan fingerprint density at radius 1 is 1.39 bits per heavy atom. The third kappa shape index (κ3) is 4.22. The first-order valence-corrected chi connectivity index (χ1v) is 7.62. The molecule has 0 aromatic rings. The molecule has 3 nitrogen and oxygen atoms in total.